The van der Waals surface area contributed by atoms with E-state index in [1.54, 1.807) is 36.5 Å². The number of pyridine rings is 1. The summed E-state index contributed by atoms with van der Waals surface area (Å²) in [5.41, 5.74) is 2.41. The quantitative estimate of drug-likeness (QED) is 0.733. The molecule has 0 unspecified atom stereocenters. The van der Waals surface area contributed by atoms with Gasteiger partial charge in [-0.05, 0) is 53.1 Å². The third-order valence-electron chi connectivity index (χ3n) is 4.03. The Morgan fingerprint density at radius 2 is 1.85 bits per heavy atom. The molecule has 138 valence electrons. The first kappa shape index (κ1) is 18.7. The highest BCUT2D eigenvalue weighted by Gasteiger charge is 2.14. The fraction of sp³-hybridized carbons (Fsp3) is 0.100. The normalized spacial score (nSPS) is 11.2. The number of hydrogen-bond acceptors (Lipinski definition) is 4. The molecule has 1 N–H and O–H groups in total. The van der Waals surface area contributed by atoms with Crippen LogP contribution in [0.4, 0.5) is 4.39 Å². The van der Waals surface area contributed by atoms with Gasteiger partial charge in [0.05, 0.1) is 10.5 Å². The maximum atomic E-state index is 13.3. The Balaban J connectivity index is 1.94. The second kappa shape index (κ2) is 7.67. The Bertz CT molecular complexity index is 1070. The van der Waals surface area contributed by atoms with Crippen molar-refractivity contribution in [3.63, 3.8) is 0 Å². The summed E-state index contributed by atoms with van der Waals surface area (Å²) in [6.45, 7) is 0.185. The molecule has 0 aliphatic rings. The monoisotopic (exact) mass is 384 g/mol. The highest BCUT2D eigenvalue weighted by Crippen LogP contribution is 2.27. The summed E-state index contributed by atoms with van der Waals surface area (Å²) in [6.07, 6.45) is 4.16. The van der Waals surface area contributed by atoms with Crippen LogP contribution < -0.4 is 5.32 Å². The third-order valence-corrected chi connectivity index (χ3v) is 5.14. The van der Waals surface area contributed by atoms with Crippen LogP contribution in [0.1, 0.15) is 15.9 Å². The summed E-state index contributed by atoms with van der Waals surface area (Å²) < 4.78 is 37.0. The zero-order chi connectivity index (χ0) is 19.4. The number of nitrogens with zero attached hydrogens (tertiary/aromatic N) is 1. The van der Waals surface area contributed by atoms with Gasteiger partial charge >= 0.3 is 0 Å². The van der Waals surface area contributed by atoms with Crippen molar-refractivity contribution in [2.45, 2.75) is 11.4 Å². The lowest BCUT2D eigenvalue weighted by Crippen LogP contribution is -2.23. The van der Waals surface area contributed by atoms with Crippen molar-refractivity contribution in [3.05, 3.63) is 83.9 Å². The first-order valence-electron chi connectivity index (χ1n) is 8.12. The maximum absolute atomic E-state index is 13.3. The fourth-order valence-electron chi connectivity index (χ4n) is 2.61. The highest BCUT2D eigenvalue weighted by atomic mass is 32.2. The molecule has 1 aromatic heterocycles. The lowest BCUT2D eigenvalue weighted by atomic mass is 9.99. The zero-order valence-electron chi connectivity index (χ0n) is 14.5. The van der Waals surface area contributed by atoms with E-state index in [1.165, 1.54) is 30.5 Å². The molecule has 1 heterocycles. The van der Waals surface area contributed by atoms with E-state index in [0.717, 1.165) is 6.26 Å². The van der Waals surface area contributed by atoms with Gasteiger partial charge in [0.1, 0.15) is 5.82 Å². The molecular formula is C20H17FN2O3S. The number of amides is 1. The summed E-state index contributed by atoms with van der Waals surface area (Å²) in [4.78, 5) is 16.3. The van der Waals surface area contributed by atoms with Gasteiger partial charge in [-0.3, -0.25) is 9.78 Å². The molecule has 0 aliphatic heterocycles. The molecular weight excluding hydrogens is 367 g/mol. The number of rotatable bonds is 5. The van der Waals surface area contributed by atoms with E-state index in [1.807, 2.05) is 0 Å². The third kappa shape index (κ3) is 4.57. The summed E-state index contributed by atoms with van der Waals surface area (Å²) in [7, 11) is -3.40. The standard InChI is InChI=1S/C20H17FN2O3S/c1-27(25,26)18-9-6-15(13-23-20(24)16-3-2-10-22-12-16)19(11-18)14-4-7-17(21)8-5-14/h2-12H,13H2,1H3,(H,23,24). The molecule has 0 atom stereocenters. The van der Waals surface area contributed by atoms with Gasteiger partial charge in [0.2, 0.25) is 0 Å². The summed E-state index contributed by atoms with van der Waals surface area (Å²) in [5.74, 6) is -0.676. The van der Waals surface area contributed by atoms with Gasteiger partial charge in [-0.2, -0.15) is 0 Å². The molecule has 0 aliphatic carbocycles. The Morgan fingerprint density at radius 1 is 1.11 bits per heavy atom. The molecule has 1 amide bonds. The van der Waals surface area contributed by atoms with Crippen molar-refractivity contribution >= 4 is 15.7 Å². The van der Waals surface area contributed by atoms with Crippen LogP contribution in [0.15, 0.2) is 71.9 Å². The number of nitrogens with one attached hydrogen (secondary N) is 1. The van der Waals surface area contributed by atoms with Crippen molar-refractivity contribution in [2.24, 2.45) is 0 Å². The molecule has 3 rings (SSSR count). The lowest BCUT2D eigenvalue weighted by molar-refractivity contribution is 0.0950. The van der Waals surface area contributed by atoms with Gasteiger partial charge < -0.3 is 5.32 Å². The van der Waals surface area contributed by atoms with Crippen LogP contribution in [0.2, 0.25) is 0 Å². The Hall–Kier alpha value is -3.06. The molecule has 0 spiro atoms. The number of carbonyl (C=O) groups excluding carboxylic acids is 1. The minimum atomic E-state index is -3.40. The second-order valence-electron chi connectivity index (χ2n) is 6.02. The molecule has 0 saturated heterocycles. The minimum Gasteiger partial charge on any atom is -0.348 e. The second-order valence-corrected chi connectivity index (χ2v) is 8.04. The number of carbonyl (C=O) groups is 1. The smallest absolute Gasteiger partial charge is 0.253 e. The minimum absolute atomic E-state index is 0.157. The van der Waals surface area contributed by atoms with Crippen molar-refractivity contribution in [2.75, 3.05) is 6.26 Å². The first-order valence-corrected chi connectivity index (χ1v) is 10.0. The van der Waals surface area contributed by atoms with E-state index in [9.17, 15) is 17.6 Å². The van der Waals surface area contributed by atoms with Crippen molar-refractivity contribution in [1.29, 1.82) is 0 Å². The fourth-order valence-corrected chi connectivity index (χ4v) is 3.26. The number of halogens is 1. The number of aromatic nitrogens is 1. The molecule has 5 nitrogen and oxygen atoms in total. The van der Waals surface area contributed by atoms with Gasteiger partial charge in [0.15, 0.2) is 9.84 Å². The van der Waals surface area contributed by atoms with Crippen LogP contribution in [0.3, 0.4) is 0 Å². The molecule has 0 fully saturated rings. The summed E-state index contributed by atoms with van der Waals surface area (Å²) in [6, 6.07) is 13.8. The largest absolute Gasteiger partial charge is 0.348 e. The zero-order valence-corrected chi connectivity index (χ0v) is 15.3. The number of sulfone groups is 1. The molecule has 3 aromatic rings. The predicted molar refractivity (Wildman–Crippen MR) is 100 cm³/mol. The Kier molecular flexibility index (Phi) is 5.32. The van der Waals surface area contributed by atoms with E-state index in [4.69, 9.17) is 0 Å². The Labute approximate surface area is 156 Å². The number of hydrogen-bond donors (Lipinski definition) is 1. The van der Waals surface area contributed by atoms with Gasteiger partial charge in [0.25, 0.3) is 5.91 Å². The molecule has 27 heavy (non-hydrogen) atoms. The van der Waals surface area contributed by atoms with Crippen LogP contribution in [0.25, 0.3) is 11.1 Å². The lowest BCUT2D eigenvalue weighted by Gasteiger charge is -2.13. The van der Waals surface area contributed by atoms with Crippen LogP contribution in [0, 0.1) is 5.82 Å². The van der Waals surface area contributed by atoms with E-state index in [-0.39, 0.29) is 23.2 Å². The van der Waals surface area contributed by atoms with E-state index in [0.29, 0.717) is 22.3 Å². The predicted octanol–water partition coefficient (Wildman–Crippen LogP) is 3.22. The average molecular weight is 384 g/mol. The van der Waals surface area contributed by atoms with Crippen LogP contribution in [0.5, 0.6) is 0 Å². The van der Waals surface area contributed by atoms with Crippen LogP contribution in [-0.2, 0) is 16.4 Å². The van der Waals surface area contributed by atoms with Crippen LogP contribution in [-0.4, -0.2) is 25.6 Å². The first-order chi connectivity index (χ1) is 12.8. The van der Waals surface area contributed by atoms with E-state index >= 15 is 0 Å². The van der Waals surface area contributed by atoms with E-state index in [2.05, 4.69) is 10.3 Å². The van der Waals surface area contributed by atoms with E-state index < -0.39 is 9.84 Å². The molecule has 0 radical (unpaired) electrons. The summed E-state index contributed by atoms with van der Waals surface area (Å²) in [5, 5.41) is 2.79. The topological polar surface area (TPSA) is 76.1 Å². The molecule has 7 heteroatoms. The van der Waals surface area contributed by atoms with Gasteiger partial charge in [-0.15, -0.1) is 0 Å². The van der Waals surface area contributed by atoms with Gasteiger partial charge in [-0.1, -0.05) is 18.2 Å². The van der Waals surface area contributed by atoms with Crippen LogP contribution >= 0.6 is 0 Å². The summed E-state index contributed by atoms with van der Waals surface area (Å²) >= 11 is 0. The van der Waals surface area contributed by atoms with Gasteiger partial charge in [-0.25, -0.2) is 12.8 Å². The van der Waals surface area contributed by atoms with Crippen molar-refractivity contribution < 1.29 is 17.6 Å². The van der Waals surface area contributed by atoms with Gasteiger partial charge in [0, 0.05) is 25.2 Å². The van der Waals surface area contributed by atoms with Crippen molar-refractivity contribution in [1.82, 2.24) is 10.3 Å². The average Bonchev–Trinajstić information content (AvgIpc) is 2.66. The number of benzene rings is 2. The molecule has 0 bridgehead atoms. The van der Waals surface area contributed by atoms with Crippen molar-refractivity contribution in [3.8, 4) is 11.1 Å². The maximum Gasteiger partial charge on any atom is 0.253 e. The molecule has 0 saturated carbocycles. The molecule has 2 aromatic carbocycles. The Morgan fingerprint density at radius 3 is 2.48 bits per heavy atom. The SMILES string of the molecule is CS(=O)(=O)c1ccc(CNC(=O)c2cccnc2)c(-c2ccc(F)cc2)c1. The highest BCUT2D eigenvalue weighted by molar-refractivity contribution is 7.90.